The zero-order valence-electron chi connectivity index (χ0n) is 16.1. The van der Waals surface area contributed by atoms with Crippen LogP contribution in [0.25, 0.3) is 22.8 Å². The minimum absolute atomic E-state index is 0.895. The molecule has 0 saturated carbocycles. The average molecular weight is 371 g/mol. The molecule has 0 aliphatic carbocycles. The Morgan fingerprint density at radius 1 is 0.571 bits per heavy atom. The van der Waals surface area contributed by atoms with Crippen molar-refractivity contribution >= 4 is 11.4 Å². The maximum absolute atomic E-state index is 4.89. The van der Waals surface area contributed by atoms with Gasteiger partial charge < -0.3 is 9.80 Å². The third kappa shape index (κ3) is 3.44. The van der Waals surface area contributed by atoms with Crippen molar-refractivity contribution < 1.29 is 0 Å². The molecule has 0 unspecified atom stereocenters. The fourth-order valence-corrected chi connectivity index (χ4v) is 4.18. The zero-order chi connectivity index (χ0) is 18.8. The Morgan fingerprint density at radius 3 is 1.50 bits per heavy atom. The van der Waals surface area contributed by atoms with Gasteiger partial charge in [-0.05, 0) is 62.1 Å². The fourth-order valence-electron chi connectivity index (χ4n) is 4.18. The monoisotopic (exact) mass is 371 g/mol. The summed E-state index contributed by atoms with van der Waals surface area (Å²) in [6, 6.07) is 14.6. The van der Waals surface area contributed by atoms with E-state index < -0.39 is 0 Å². The summed E-state index contributed by atoms with van der Waals surface area (Å²) in [4.78, 5) is 18.9. The van der Waals surface area contributed by atoms with E-state index in [4.69, 9.17) is 4.98 Å². The molecule has 0 aromatic carbocycles. The van der Waals surface area contributed by atoms with Gasteiger partial charge in [-0.3, -0.25) is 9.97 Å². The molecule has 5 rings (SSSR count). The third-order valence-corrected chi connectivity index (χ3v) is 5.70. The lowest BCUT2D eigenvalue weighted by atomic mass is 10.1. The van der Waals surface area contributed by atoms with E-state index in [-0.39, 0.29) is 0 Å². The second-order valence-corrected chi connectivity index (χ2v) is 7.59. The largest absolute Gasteiger partial charge is 0.371 e. The zero-order valence-corrected chi connectivity index (χ0v) is 16.1. The number of aromatic nitrogens is 3. The van der Waals surface area contributed by atoms with Crippen LogP contribution < -0.4 is 9.80 Å². The quantitative estimate of drug-likeness (QED) is 0.680. The van der Waals surface area contributed by atoms with E-state index in [2.05, 4.69) is 44.0 Å². The number of rotatable bonds is 4. The van der Waals surface area contributed by atoms with Crippen LogP contribution >= 0.6 is 0 Å². The van der Waals surface area contributed by atoms with E-state index in [0.717, 1.165) is 49.0 Å². The van der Waals surface area contributed by atoms with Crippen LogP contribution in [-0.4, -0.2) is 41.1 Å². The highest BCUT2D eigenvalue weighted by Crippen LogP contribution is 2.27. The van der Waals surface area contributed by atoms with Gasteiger partial charge in [-0.15, -0.1) is 0 Å². The average Bonchev–Trinajstić information content (AvgIpc) is 3.48. The van der Waals surface area contributed by atoms with Gasteiger partial charge in [-0.2, -0.15) is 0 Å². The van der Waals surface area contributed by atoms with Crippen molar-refractivity contribution in [2.24, 2.45) is 0 Å². The maximum atomic E-state index is 4.89. The molecule has 28 heavy (non-hydrogen) atoms. The number of hydrogen-bond acceptors (Lipinski definition) is 5. The van der Waals surface area contributed by atoms with E-state index in [1.807, 2.05) is 30.6 Å². The van der Waals surface area contributed by atoms with Crippen LogP contribution in [0.3, 0.4) is 0 Å². The first kappa shape index (κ1) is 17.2. The van der Waals surface area contributed by atoms with Crippen molar-refractivity contribution in [3.63, 3.8) is 0 Å². The molecule has 0 bridgehead atoms. The molecule has 5 nitrogen and oxygen atoms in total. The van der Waals surface area contributed by atoms with Crippen molar-refractivity contribution in [2.45, 2.75) is 25.7 Å². The van der Waals surface area contributed by atoms with Crippen molar-refractivity contribution in [3.05, 3.63) is 54.9 Å². The highest BCUT2D eigenvalue weighted by molar-refractivity contribution is 5.67. The van der Waals surface area contributed by atoms with Crippen LogP contribution in [-0.2, 0) is 0 Å². The summed E-state index contributed by atoms with van der Waals surface area (Å²) in [5.74, 6) is 0. The van der Waals surface area contributed by atoms with Gasteiger partial charge in [0.1, 0.15) is 0 Å². The first-order valence-electron chi connectivity index (χ1n) is 10.3. The van der Waals surface area contributed by atoms with Crippen LogP contribution in [0.5, 0.6) is 0 Å². The molecule has 3 aromatic heterocycles. The van der Waals surface area contributed by atoms with Gasteiger partial charge in [0.15, 0.2) is 0 Å². The number of anilines is 2. The molecular formula is C23H25N5. The molecule has 2 fully saturated rings. The van der Waals surface area contributed by atoms with Crippen LogP contribution in [0.4, 0.5) is 11.4 Å². The smallest absolute Gasteiger partial charge is 0.0907 e. The topological polar surface area (TPSA) is 45.2 Å². The van der Waals surface area contributed by atoms with E-state index >= 15 is 0 Å². The van der Waals surface area contributed by atoms with Crippen LogP contribution in [0.2, 0.25) is 0 Å². The summed E-state index contributed by atoms with van der Waals surface area (Å²) in [7, 11) is 0. The lowest BCUT2D eigenvalue weighted by Gasteiger charge is -2.18. The van der Waals surface area contributed by atoms with Crippen molar-refractivity contribution in [3.8, 4) is 22.8 Å². The summed E-state index contributed by atoms with van der Waals surface area (Å²) < 4.78 is 0. The van der Waals surface area contributed by atoms with E-state index in [9.17, 15) is 0 Å². The molecular weight excluding hydrogens is 346 g/mol. The van der Waals surface area contributed by atoms with Gasteiger partial charge in [0.25, 0.3) is 0 Å². The summed E-state index contributed by atoms with van der Waals surface area (Å²) in [6.07, 6.45) is 8.86. The van der Waals surface area contributed by atoms with Crippen molar-refractivity contribution in [2.75, 3.05) is 36.0 Å². The lowest BCUT2D eigenvalue weighted by Crippen LogP contribution is -2.17. The molecule has 3 aromatic rings. The number of hydrogen-bond donors (Lipinski definition) is 0. The highest BCUT2D eigenvalue weighted by Gasteiger charge is 2.15. The summed E-state index contributed by atoms with van der Waals surface area (Å²) in [5.41, 5.74) is 6.11. The molecule has 0 atom stereocenters. The second-order valence-electron chi connectivity index (χ2n) is 7.59. The van der Waals surface area contributed by atoms with E-state index in [1.165, 1.54) is 37.1 Å². The Kier molecular flexibility index (Phi) is 4.65. The second kappa shape index (κ2) is 7.58. The van der Waals surface area contributed by atoms with Gasteiger partial charge >= 0.3 is 0 Å². The molecule has 142 valence electrons. The first-order valence-corrected chi connectivity index (χ1v) is 10.3. The SMILES string of the molecule is c1cc(-c2cc(N3CCCC3)ccn2)nc(-c2cc(N3CCCC3)ccn2)c1. The van der Waals surface area contributed by atoms with Gasteiger partial charge in [0, 0.05) is 49.9 Å². The molecule has 0 N–H and O–H groups in total. The van der Waals surface area contributed by atoms with Crippen LogP contribution in [0.1, 0.15) is 25.7 Å². The first-order chi connectivity index (χ1) is 13.9. The third-order valence-electron chi connectivity index (χ3n) is 5.70. The standard InChI is InChI=1S/C23H25N5/c1-2-13-27(12-1)18-8-10-24-22(16-18)20-6-5-7-21(26-20)23-17-19(9-11-25-23)28-14-3-4-15-28/h5-11,16-17H,1-4,12-15H2. The Morgan fingerprint density at radius 2 is 1.04 bits per heavy atom. The molecule has 2 aliphatic heterocycles. The molecule has 0 spiro atoms. The predicted octanol–water partition coefficient (Wildman–Crippen LogP) is 4.41. The Balaban J connectivity index is 1.45. The fraction of sp³-hybridized carbons (Fsp3) is 0.348. The van der Waals surface area contributed by atoms with Gasteiger partial charge in [0.2, 0.25) is 0 Å². The highest BCUT2D eigenvalue weighted by atomic mass is 15.1. The minimum Gasteiger partial charge on any atom is -0.371 e. The van der Waals surface area contributed by atoms with Crippen LogP contribution in [0, 0.1) is 0 Å². The molecule has 0 radical (unpaired) electrons. The Labute approximate surface area is 166 Å². The predicted molar refractivity (Wildman–Crippen MR) is 114 cm³/mol. The molecule has 5 heterocycles. The van der Waals surface area contributed by atoms with E-state index in [1.54, 1.807) is 0 Å². The molecule has 5 heteroatoms. The normalized spacial score (nSPS) is 16.7. The summed E-state index contributed by atoms with van der Waals surface area (Å²) in [5, 5.41) is 0. The van der Waals surface area contributed by atoms with Crippen molar-refractivity contribution in [1.82, 2.24) is 15.0 Å². The number of nitrogens with zero attached hydrogens (tertiary/aromatic N) is 5. The minimum atomic E-state index is 0.895. The Hall–Kier alpha value is -2.95. The lowest BCUT2D eigenvalue weighted by molar-refractivity contribution is 0.949. The Bertz CT molecular complexity index is 884. The summed E-state index contributed by atoms with van der Waals surface area (Å²) in [6.45, 7) is 4.52. The van der Waals surface area contributed by atoms with Crippen LogP contribution in [0.15, 0.2) is 54.9 Å². The van der Waals surface area contributed by atoms with E-state index in [0.29, 0.717) is 0 Å². The van der Waals surface area contributed by atoms with Crippen molar-refractivity contribution in [1.29, 1.82) is 0 Å². The maximum Gasteiger partial charge on any atom is 0.0907 e. The molecule has 2 saturated heterocycles. The number of pyridine rings is 3. The molecule has 2 aliphatic rings. The summed E-state index contributed by atoms with van der Waals surface area (Å²) >= 11 is 0. The molecule has 0 amide bonds. The van der Waals surface area contributed by atoms with Gasteiger partial charge in [-0.1, -0.05) is 6.07 Å². The van der Waals surface area contributed by atoms with Gasteiger partial charge in [-0.25, -0.2) is 4.98 Å². The van der Waals surface area contributed by atoms with Gasteiger partial charge in [0.05, 0.1) is 22.8 Å².